The number of hydrogen-bond donors (Lipinski definition) is 2. The van der Waals surface area contributed by atoms with Gasteiger partial charge in [-0.05, 0) is 36.4 Å². The molecular weight excluding hydrogens is 416 g/mol. The fourth-order valence-corrected chi connectivity index (χ4v) is 3.23. The van der Waals surface area contributed by atoms with Crippen LogP contribution in [0.15, 0.2) is 65.8 Å². The van der Waals surface area contributed by atoms with Crippen molar-refractivity contribution in [1.29, 1.82) is 0 Å². The molecule has 3 aromatic rings. The van der Waals surface area contributed by atoms with Crippen molar-refractivity contribution >= 4 is 51.7 Å². The minimum absolute atomic E-state index is 0.0141. The van der Waals surface area contributed by atoms with E-state index in [0.29, 0.717) is 21.2 Å². The van der Waals surface area contributed by atoms with E-state index in [-0.39, 0.29) is 10.6 Å². The molecule has 1 aromatic heterocycles. The molecule has 146 valence electrons. The van der Waals surface area contributed by atoms with Gasteiger partial charge >= 0.3 is 5.00 Å². The second-order valence-electron chi connectivity index (χ2n) is 5.65. The maximum Gasteiger partial charge on any atom is 0.324 e. The van der Waals surface area contributed by atoms with E-state index in [4.69, 9.17) is 11.6 Å². The van der Waals surface area contributed by atoms with Gasteiger partial charge in [0.2, 0.25) is 0 Å². The van der Waals surface area contributed by atoms with Crippen LogP contribution in [0.4, 0.5) is 10.7 Å². The Bertz CT molecular complexity index is 1110. The number of rotatable bonds is 6. The molecule has 0 aliphatic heterocycles. The molecule has 3 rings (SSSR count). The van der Waals surface area contributed by atoms with Crippen LogP contribution in [0.2, 0.25) is 5.02 Å². The number of nitrogens with one attached hydrogen (secondary N) is 2. The molecule has 0 aliphatic carbocycles. The van der Waals surface area contributed by atoms with Crippen LogP contribution in [0.1, 0.15) is 25.6 Å². The zero-order valence-corrected chi connectivity index (χ0v) is 16.2. The molecule has 10 heteroatoms. The van der Waals surface area contributed by atoms with Gasteiger partial charge in [-0.25, -0.2) is 5.43 Å². The summed E-state index contributed by atoms with van der Waals surface area (Å²) in [6.07, 6.45) is 1.32. The summed E-state index contributed by atoms with van der Waals surface area (Å²) in [6.45, 7) is 0. The van der Waals surface area contributed by atoms with Gasteiger partial charge in [-0.3, -0.25) is 19.7 Å². The number of nitro groups is 1. The first-order valence-corrected chi connectivity index (χ1v) is 9.37. The number of carbonyl (C=O) groups is 2. The van der Waals surface area contributed by atoms with Crippen LogP contribution < -0.4 is 10.7 Å². The summed E-state index contributed by atoms with van der Waals surface area (Å²) in [4.78, 5) is 35.3. The van der Waals surface area contributed by atoms with Crippen molar-refractivity contribution in [3.05, 3.63) is 91.8 Å². The van der Waals surface area contributed by atoms with Gasteiger partial charge in [0.05, 0.1) is 26.6 Å². The summed E-state index contributed by atoms with van der Waals surface area (Å²) in [6, 6.07) is 15.8. The van der Waals surface area contributed by atoms with E-state index in [2.05, 4.69) is 15.8 Å². The number of nitrogens with zero attached hydrogens (tertiary/aromatic N) is 2. The molecule has 0 unspecified atom stereocenters. The van der Waals surface area contributed by atoms with Crippen LogP contribution in [0.3, 0.4) is 0 Å². The second kappa shape index (κ2) is 9.09. The highest BCUT2D eigenvalue weighted by molar-refractivity contribution is 7.16. The third-order valence-corrected chi connectivity index (χ3v) is 4.95. The Kier molecular flexibility index (Phi) is 6.32. The maximum absolute atomic E-state index is 12.3. The summed E-state index contributed by atoms with van der Waals surface area (Å²) in [5, 5.41) is 17.5. The topological polar surface area (TPSA) is 114 Å². The highest BCUT2D eigenvalue weighted by atomic mass is 35.5. The molecule has 2 N–H and O–H groups in total. The van der Waals surface area contributed by atoms with Crippen molar-refractivity contribution in [1.82, 2.24) is 5.43 Å². The Morgan fingerprint density at radius 2 is 1.86 bits per heavy atom. The number of hydrogen-bond acceptors (Lipinski definition) is 6. The molecule has 29 heavy (non-hydrogen) atoms. The van der Waals surface area contributed by atoms with E-state index in [9.17, 15) is 19.7 Å². The molecule has 2 aromatic carbocycles. The van der Waals surface area contributed by atoms with Crippen LogP contribution in [0.5, 0.6) is 0 Å². The summed E-state index contributed by atoms with van der Waals surface area (Å²) in [5.41, 5.74) is 3.35. The van der Waals surface area contributed by atoms with E-state index in [1.165, 1.54) is 24.4 Å². The Morgan fingerprint density at radius 3 is 2.59 bits per heavy atom. The highest BCUT2D eigenvalue weighted by Gasteiger charge is 2.12. The van der Waals surface area contributed by atoms with Gasteiger partial charge in [0.1, 0.15) is 0 Å². The molecule has 0 radical (unpaired) electrons. The predicted molar refractivity (Wildman–Crippen MR) is 112 cm³/mol. The first-order chi connectivity index (χ1) is 13.9. The molecule has 8 nitrogen and oxygen atoms in total. The molecular formula is C19H13ClN4O4S. The molecule has 0 saturated carbocycles. The van der Waals surface area contributed by atoms with Crippen molar-refractivity contribution in [3.8, 4) is 0 Å². The monoisotopic (exact) mass is 428 g/mol. The molecule has 0 saturated heterocycles. The van der Waals surface area contributed by atoms with E-state index in [1.54, 1.807) is 42.5 Å². The van der Waals surface area contributed by atoms with Crippen LogP contribution in [-0.2, 0) is 0 Å². The third-order valence-electron chi connectivity index (χ3n) is 3.65. The predicted octanol–water partition coefficient (Wildman–Crippen LogP) is 4.33. The lowest BCUT2D eigenvalue weighted by molar-refractivity contribution is -0.380. The van der Waals surface area contributed by atoms with Crippen LogP contribution in [0, 0.1) is 10.1 Å². The Morgan fingerprint density at radius 1 is 1.07 bits per heavy atom. The lowest BCUT2D eigenvalue weighted by atomic mass is 10.1. The highest BCUT2D eigenvalue weighted by Crippen LogP contribution is 2.22. The summed E-state index contributed by atoms with van der Waals surface area (Å²) in [5.74, 6) is -0.897. The lowest BCUT2D eigenvalue weighted by Gasteiger charge is -2.08. The van der Waals surface area contributed by atoms with Crippen molar-refractivity contribution in [2.45, 2.75) is 0 Å². The van der Waals surface area contributed by atoms with Gasteiger partial charge in [-0.2, -0.15) is 5.10 Å². The maximum atomic E-state index is 12.3. The van der Waals surface area contributed by atoms with Gasteiger partial charge in [-0.1, -0.05) is 41.1 Å². The second-order valence-corrected chi connectivity index (χ2v) is 7.15. The smallest absolute Gasteiger partial charge is 0.322 e. The normalized spacial score (nSPS) is 10.7. The van der Waals surface area contributed by atoms with Crippen molar-refractivity contribution in [2.24, 2.45) is 5.10 Å². The van der Waals surface area contributed by atoms with E-state index in [1.807, 2.05) is 0 Å². The fourth-order valence-electron chi connectivity index (χ4n) is 2.31. The zero-order chi connectivity index (χ0) is 20.8. The SMILES string of the molecule is O=C(N/N=C\c1ccc([N+](=O)[O-])s1)c1cccc(NC(=O)c2ccccc2Cl)c1. The number of anilines is 1. The number of benzene rings is 2. The minimum atomic E-state index is -0.499. The standard InChI is InChI=1S/C19H13ClN4O4S/c20-16-7-2-1-6-15(16)19(26)22-13-5-3-4-12(10-13)18(25)23-21-11-14-8-9-17(29-14)24(27)28/h1-11H,(H,22,26)(H,23,25)/b21-11-. The molecule has 0 bridgehead atoms. The Balaban J connectivity index is 1.64. The van der Waals surface area contributed by atoms with Crippen molar-refractivity contribution in [3.63, 3.8) is 0 Å². The molecule has 0 spiro atoms. The van der Waals surface area contributed by atoms with Gasteiger partial charge < -0.3 is 5.32 Å². The summed E-state index contributed by atoms with van der Waals surface area (Å²) >= 11 is 6.96. The molecule has 0 aliphatic rings. The number of halogens is 1. The number of hydrazone groups is 1. The molecule has 0 fully saturated rings. The third kappa shape index (κ3) is 5.24. The largest absolute Gasteiger partial charge is 0.324 e. The van der Waals surface area contributed by atoms with E-state index in [0.717, 1.165) is 11.3 Å². The lowest BCUT2D eigenvalue weighted by Crippen LogP contribution is -2.18. The molecule has 0 atom stereocenters. The van der Waals surface area contributed by atoms with Gasteiger partial charge in [0.15, 0.2) is 0 Å². The Hall–Kier alpha value is -3.56. The number of carbonyl (C=O) groups excluding carboxylic acids is 2. The molecule has 1 heterocycles. The average Bonchev–Trinajstić information content (AvgIpc) is 3.17. The first kappa shape index (κ1) is 20.2. The fraction of sp³-hybridized carbons (Fsp3) is 0. The number of amides is 2. The van der Waals surface area contributed by atoms with Crippen molar-refractivity contribution in [2.75, 3.05) is 5.32 Å². The summed E-state index contributed by atoms with van der Waals surface area (Å²) in [7, 11) is 0. The first-order valence-electron chi connectivity index (χ1n) is 8.17. The summed E-state index contributed by atoms with van der Waals surface area (Å²) < 4.78 is 0. The zero-order valence-electron chi connectivity index (χ0n) is 14.7. The van der Waals surface area contributed by atoms with Gasteiger partial charge in [0, 0.05) is 17.3 Å². The van der Waals surface area contributed by atoms with Crippen LogP contribution >= 0.6 is 22.9 Å². The Labute approximate surface area is 174 Å². The van der Waals surface area contributed by atoms with Gasteiger partial charge in [-0.15, -0.1) is 0 Å². The van der Waals surface area contributed by atoms with Gasteiger partial charge in [0.25, 0.3) is 11.8 Å². The van der Waals surface area contributed by atoms with Crippen molar-refractivity contribution < 1.29 is 14.5 Å². The molecule has 2 amide bonds. The quantitative estimate of drug-likeness (QED) is 0.345. The van der Waals surface area contributed by atoms with E-state index >= 15 is 0 Å². The van der Waals surface area contributed by atoms with E-state index < -0.39 is 16.7 Å². The average molecular weight is 429 g/mol. The number of thiophene rings is 1. The minimum Gasteiger partial charge on any atom is -0.322 e. The van der Waals surface area contributed by atoms with Crippen LogP contribution in [0.25, 0.3) is 0 Å². The van der Waals surface area contributed by atoms with Crippen LogP contribution in [-0.4, -0.2) is 23.0 Å².